The Morgan fingerprint density at radius 2 is 1.80 bits per heavy atom. The highest BCUT2D eigenvalue weighted by Crippen LogP contribution is 2.37. The van der Waals surface area contributed by atoms with Crippen molar-refractivity contribution in [2.45, 2.75) is 13.5 Å². The van der Waals surface area contributed by atoms with E-state index < -0.39 is 0 Å². The van der Waals surface area contributed by atoms with Crippen molar-refractivity contribution in [2.24, 2.45) is 0 Å². The molecule has 0 fully saturated rings. The Labute approximate surface area is 148 Å². The zero-order chi connectivity index (χ0) is 17.2. The first-order chi connectivity index (χ1) is 12.3. The maximum Gasteiger partial charge on any atom is 0.0626 e. The van der Waals surface area contributed by atoms with Gasteiger partial charge < -0.3 is 9.72 Å². The van der Waals surface area contributed by atoms with Gasteiger partial charge in [0.25, 0.3) is 0 Å². The number of aromatic nitrogens is 1. The minimum atomic E-state index is 0.713. The van der Waals surface area contributed by atoms with Crippen LogP contribution in [-0.4, -0.2) is 30.3 Å². The zero-order valence-electron chi connectivity index (χ0n) is 14.7. The molecule has 1 aliphatic rings. The molecule has 0 saturated heterocycles. The molecule has 0 spiro atoms. The average Bonchev–Trinajstić information content (AvgIpc) is 3.23. The number of aryl methyl sites for hydroxylation is 1. The molecule has 1 N–H and O–H groups in total. The molecule has 0 radical (unpaired) electrons. The van der Waals surface area contributed by atoms with E-state index >= 15 is 0 Å². The van der Waals surface area contributed by atoms with E-state index in [9.17, 15) is 0 Å². The smallest absolute Gasteiger partial charge is 0.0626 e. The average molecular weight is 333 g/mol. The number of nitrogens with one attached hydrogen (secondary N) is 1. The normalized spacial score (nSPS) is 14.1. The van der Waals surface area contributed by atoms with Gasteiger partial charge in [-0.3, -0.25) is 5.01 Å². The Morgan fingerprint density at radius 1 is 1.00 bits per heavy atom. The summed E-state index contributed by atoms with van der Waals surface area (Å²) in [7, 11) is 1.75. The van der Waals surface area contributed by atoms with Crippen molar-refractivity contribution < 1.29 is 4.74 Å². The number of H-pyrrole nitrogens is 1. The van der Waals surface area contributed by atoms with E-state index in [0.29, 0.717) is 6.61 Å². The minimum Gasteiger partial charge on any atom is -0.383 e. The molecule has 1 aromatic heterocycles. The standard InChI is InChI=1S/C21H23N3O/c1-16-7-12-20(22-16)17-8-10-19(11-9-17)24-21-6-4-3-5-18(21)15-23(24)13-14-25-2/h3-12,22H,13-15H2,1-2H3. The van der Waals surface area contributed by atoms with E-state index in [1.54, 1.807) is 7.11 Å². The molecule has 0 amide bonds. The molecule has 128 valence electrons. The fraction of sp³-hybridized carbons (Fsp3) is 0.238. The van der Waals surface area contributed by atoms with Gasteiger partial charge in [-0.1, -0.05) is 30.3 Å². The summed E-state index contributed by atoms with van der Waals surface area (Å²) < 4.78 is 5.29. The van der Waals surface area contributed by atoms with Crippen LogP contribution in [0.15, 0.2) is 60.7 Å². The third-order valence-corrected chi connectivity index (χ3v) is 4.66. The van der Waals surface area contributed by atoms with Crippen LogP contribution in [0.1, 0.15) is 11.3 Å². The van der Waals surface area contributed by atoms with Gasteiger partial charge >= 0.3 is 0 Å². The zero-order valence-corrected chi connectivity index (χ0v) is 14.7. The summed E-state index contributed by atoms with van der Waals surface area (Å²) in [5, 5.41) is 4.64. The van der Waals surface area contributed by atoms with Crippen molar-refractivity contribution in [1.82, 2.24) is 9.99 Å². The Balaban J connectivity index is 1.66. The first kappa shape index (κ1) is 15.9. The Hall–Kier alpha value is -2.56. The maximum absolute atomic E-state index is 5.29. The molecule has 4 rings (SSSR count). The number of aromatic amines is 1. The van der Waals surface area contributed by atoms with Gasteiger partial charge in [0.15, 0.2) is 0 Å². The van der Waals surface area contributed by atoms with Crippen LogP contribution in [0.4, 0.5) is 11.4 Å². The fourth-order valence-corrected chi connectivity index (χ4v) is 3.40. The van der Waals surface area contributed by atoms with Crippen LogP contribution < -0.4 is 5.01 Å². The molecule has 25 heavy (non-hydrogen) atoms. The van der Waals surface area contributed by atoms with Crippen LogP contribution in [0.25, 0.3) is 11.3 Å². The van der Waals surface area contributed by atoms with Crippen LogP contribution in [0.3, 0.4) is 0 Å². The lowest BCUT2D eigenvalue weighted by molar-refractivity contribution is 0.150. The fourth-order valence-electron chi connectivity index (χ4n) is 3.40. The molecule has 0 aliphatic carbocycles. The number of para-hydroxylation sites is 1. The largest absolute Gasteiger partial charge is 0.383 e. The summed E-state index contributed by atoms with van der Waals surface area (Å²) in [6, 6.07) is 21.5. The van der Waals surface area contributed by atoms with E-state index in [4.69, 9.17) is 4.74 Å². The molecule has 0 atom stereocenters. The third kappa shape index (κ3) is 3.06. The van der Waals surface area contributed by atoms with E-state index in [1.165, 1.54) is 28.2 Å². The highest BCUT2D eigenvalue weighted by atomic mass is 16.5. The van der Waals surface area contributed by atoms with Gasteiger partial charge in [0.05, 0.1) is 18.0 Å². The highest BCUT2D eigenvalue weighted by Gasteiger charge is 2.27. The molecule has 3 aromatic rings. The number of rotatable bonds is 5. The van der Waals surface area contributed by atoms with Crippen LogP contribution in [0, 0.1) is 6.92 Å². The molecular weight excluding hydrogens is 310 g/mol. The number of methoxy groups -OCH3 is 1. The number of benzene rings is 2. The summed E-state index contributed by atoms with van der Waals surface area (Å²) in [6.07, 6.45) is 0. The lowest BCUT2D eigenvalue weighted by atomic mass is 10.1. The molecule has 1 aliphatic heterocycles. The molecule has 2 aromatic carbocycles. The van der Waals surface area contributed by atoms with Crippen molar-refractivity contribution >= 4 is 11.4 Å². The predicted molar refractivity (Wildman–Crippen MR) is 102 cm³/mol. The quantitative estimate of drug-likeness (QED) is 0.746. The molecule has 0 unspecified atom stereocenters. The summed E-state index contributed by atoms with van der Waals surface area (Å²) >= 11 is 0. The second-order valence-electron chi connectivity index (χ2n) is 6.42. The first-order valence-electron chi connectivity index (χ1n) is 8.64. The number of nitrogens with zero attached hydrogens (tertiary/aromatic N) is 2. The SMILES string of the molecule is COCCN1Cc2ccccc2N1c1ccc(-c2ccc(C)[nH]2)cc1. The molecule has 0 saturated carbocycles. The maximum atomic E-state index is 5.29. The van der Waals surface area contributed by atoms with E-state index in [0.717, 1.165) is 18.8 Å². The Morgan fingerprint density at radius 3 is 2.52 bits per heavy atom. The Bertz CT molecular complexity index is 854. The van der Waals surface area contributed by atoms with Crippen molar-refractivity contribution in [3.63, 3.8) is 0 Å². The number of hydrogen-bond acceptors (Lipinski definition) is 3. The Kier molecular flexibility index (Phi) is 4.30. The number of ether oxygens (including phenoxy) is 1. The predicted octanol–water partition coefficient (Wildman–Crippen LogP) is 4.51. The van der Waals surface area contributed by atoms with Gasteiger partial charge in [-0.2, -0.15) is 0 Å². The monoisotopic (exact) mass is 333 g/mol. The molecule has 0 bridgehead atoms. The molecule has 4 heteroatoms. The van der Waals surface area contributed by atoms with Crippen molar-refractivity contribution in [2.75, 3.05) is 25.3 Å². The van der Waals surface area contributed by atoms with E-state index in [2.05, 4.69) is 82.6 Å². The highest BCUT2D eigenvalue weighted by molar-refractivity contribution is 5.71. The lowest BCUT2D eigenvalue weighted by Gasteiger charge is -2.30. The second kappa shape index (κ2) is 6.75. The molecule has 4 nitrogen and oxygen atoms in total. The number of hydrazine groups is 1. The van der Waals surface area contributed by atoms with Gasteiger partial charge in [0.2, 0.25) is 0 Å². The van der Waals surface area contributed by atoms with Gasteiger partial charge in [-0.25, -0.2) is 5.01 Å². The number of anilines is 2. The minimum absolute atomic E-state index is 0.713. The summed E-state index contributed by atoms with van der Waals surface area (Å²) in [5.74, 6) is 0. The van der Waals surface area contributed by atoms with E-state index in [1.807, 2.05) is 0 Å². The van der Waals surface area contributed by atoms with Crippen molar-refractivity contribution in [3.05, 3.63) is 71.9 Å². The van der Waals surface area contributed by atoms with Gasteiger partial charge in [-0.15, -0.1) is 0 Å². The number of hydrogen-bond donors (Lipinski definition) is 1. The van der Waals surface area contributed by atoms with Gasteiger partial charge in [-0.05, 0) is 48.4 Å². The van der Waals surface area contributed by atoms with Crippen LogP contribution in [0.5, 0.6) is 0 Å². The third-order valence-electron chi connectivity index (χ3n) is 4.66. The van der Waals surface area contributed by atoms with Crippen LogP contribution in [0.2, 0.25) is 0 Å². The van der Waals surface area contributed by atoms with Crippen LogP contribution >= 0.6 is 0 Å². The van der Waals surface area contributed by atoms with Gasteiger partial charge in [0, 0.05) is 31.6 Å². The first-order valence-corrected chi connectivity index (χ1v) is 8.64. The van der Waals surface area contributed by atoms with Crippen molar-refractivity contribution in [1.29, 1.82) is 0 Å². The molecular formula is C21H23N3O. The van der Waals surface area contributed by atoms with E-state index in [-0.39, 0.29) is 0 Å². The lowest BCUT2D eigenvalue weighted by Crippen LogP contribution is -2.36. The van der Waals surface area contributed by atoms with Crippen molar-refractivity contribution in [3.8, 4) is 11.3 Å². The number of fused-ring (bicyclic) bond motifs is 1. The van der Waals surface area contributed by atoms with Gasteiger partial charge in [0.1, 0.15) is 0 Å². The topological polar surface area (TPSA) is 31.5 Å². The molecule has 2 heterocycles. The summed E-state index contributed by atoms with van der Waals surface area (Å²) in [4.78, 5) is 3.39. The van der Waals surface area contributed by atoms with Crippen LogP contribution in [-0.2, 0) is 11.3 Å². The summed E-state index contributed by atoms with van der Waals surface area (Å²) in [6.45, 7) is 4.57. The second-order valence-corrected chi connectivity index (χ2v) is 6.42. The summed E-state index contributed by atoms with van der Waals surface area (Å²) in [5.41, 5.74) is 7.31.